The first-order chi connectivity index (χ1) is 9.90. The van der Waals surface area contributed by atoms with E-state index >= 15 is 0 Å². The van der Waals surface area contributed by atoms with Crippen LogP contribution in [0, 0.1) is 0 Å². The molecule has 1 aliphatic heterocycles. The first kappa shape index (κ1) is 15.7. The van der Waals surface area contributed by atoms with E-state index in [-0.39, 0.29) is 11.7 Å². The zero-order valence-corrected chi connectivity index (χ0v) is 11.0. The number of carbonyl (C=O) groups is 1. The van der Waals surface area contributed by atoms with Crippen LogP contribution in [0.5, 0.6) is 0 Å². The van der Waals surface area contributed by atoms with Gasteiger partial charge >= 0.3 is 12.3 Å². The number of aromatic nitrogens is 3. The van der Waals surface area contributed by atoms with Crippen LogP contribution in [-0.4, -0.2) is 52.9 Å². The maximum atomic E-state index is 12.7. The molecule has 1 aromatic rings. The van der Waals surface area contributed by atoms with Crippen LogP contribution in [0.1, 0.15) is 29.4 Å². The highest BCUT2D eigenvalue weighted by Gasteiger charge is 2.41. The Hall–Kier alpha value is -1.71. The lowest BCUT2D eigenvalue weighted by Crippen LogP contribution is -2.41. The molecule has 2 rings (SSSR count). The number of halogens is 4. The minimum Gasteiger partial charge on any atom is -0.344 e. The molecule has 0 aliphatic carbocycles. The van der Waals surface area contributed by atoms with Crippen LogP contribution in [0.4, 0.5) is 17.6 Å². The second kappa shape index (κ2) is 6.37. The van der Waals surface area contributed by atoms with Crippen molar-refractivity contribution in [2.24, 2.45) is 0 Å². The third-order valence-electron chi connectivity index (χ3n) is 3.23. The number of alkyl halides is 4. The summed E-state index contributed by atoms with van der Waals surface area (Å²) in [4.78, 5) is 11.6. The standard InChI is InChI=1S/C11H15F4N5O/c12-10(13)11(14,15)6-17-9(21)8-5-20(19-18-8)7-1-3-16-4-2-7/h5,7,10,16H,1-4,6H2,(H,17,21). The van der Waals surface area contributed by atoms with Gasteiger partial charge in [-0.3, -0.25) is 4.79 Å². The zero-order chi connectivity index (χ0) is 15.5. The van der Waals surface area contributed by atoms with Crippen molar-refractivity contribution < 1.29 is 22.4 Å². The van der Waals surface area contributed by atoms with Gasteiger partial charge in [0.25, 0.3) is 5.91 Å². The van der Waals surface area contributed by atoms with Gasteiger partial charge in [-0.2, -0.15) is 8.78 Å². The van der Waals surface area contributed by atoms with Crippen molar-refractivity contribution in [3.63, 3.8) is 0 Å². The Morgan fingerprint density at radius 3 is 2.76 bits per heavy atom. The van der Waals surface area contributed by atoms with Gasteiger partial charge in [-0.15, -0.1) is 5.10 Å². The number of nitrogens with zero attached hydrogens (tertiary/aromatic N) is 3. The van der Waals surface area contributed by atoms with Gasteiger partial charge in [-0.05, 0) is 25.9 Å². The van der Waals surface area contributed by atoms with Crippen molar-refractivity contribution in [3.05, 3.63) is 11.9 Å². The van der Waals surface area contributed by atoms with E-state index in [1.54, 1.807) is 5.32 Å². The molecule has 118 valence electrons. The Kier molecular flexibility index (Phi) is 4.76. The van der Waals surface area contributed by atoms with Gasteiger partial charge in [-0.1, -0.05) is 5.21 Å². The molecule has 21 heavy (non-hydrogen) atoms. The lowest BCUT2D eigenvalue weighted by atomic mass is 10.1. The molecular weight excluding hydrogens is 294 g/mol. The average Bonchev–Trinajstić information content (AvgIpc) is 2.95. The highest BCUT2D eigenvalue weighted by Crippen LogP contribution is 2.21. The van der Waals surface area contributed by atoms with Crippen LogP contribution in [0.25, 0.3) is 0 Å². The SMILES string of the molecule is O=C(NCC(F)(F)C(F)F)c1cn(C2CCNCC2)nn1. The van der Waals surface area contributed by atoms with E-state index in [4.69, 9.17) is 0 Å². The predicted octanol–water partition coefficient (Wildman–Crippen LogP) is 0.833. The van der Waals surface area contributed by atoms with E-state index in [9.17, 15) is 22.4 Å². The minimum absolute atomic E-state index is 0.0859. The molecule has 1 aromatic heterocycles. The summed E-state index contributed by atoms with van der Waals surface area (Å²) < 4.78 is 50.9. The lowest BCUT2D eigenvalue weighted by molar-refractivity contribution is -0.123. The normalized spacial score (nSPS) is 17.2. The third kappa shape index (κ3) is 3.90. The van der Waals surface area contributed by atoms with Crippen LogP contribution in [0.15, 0.2) is 6.20 Å². The summed E-state index contributed by atoms with van der Waals surface area (Å²) in [6.45, 7) is 0.184. The molecular formula is C11H15F4N5O. The highest BCUT2D eigenvalue weighted by atomic mass is 19.3. The Morgan fingerprint density at radius 2 is 2.14 bits per heavy atom. The van der Waals surface area contributed by atoms with Crippen LogP contribution < -0.4 is 10.6 Å². The molecule has 10 heteroatoms. The van der Waals surface area contributed by atoms with Crippen molar-refractivity contribution >= 4 is 5.91 Å². The monoisotopic (exact) mass is 309 g/mol. The molecule has 0 saturated carbocycles. The maximum Gasteiger partial charge on any atom is 0.324 e. The average molecular weight is 309 g/mol. The molecule has 6 nitrogen and oxygen atoms in total. The van der Waals surface area contributed by atoms with Gasteiger partial charge in [0.05, 0.1) is 18.8 Å². The van der Waals surface area contributed by atoms with E-state index in [1.807, 2.05) is 0 Å². The summed E-state index contributed by atoms with van der Waals surface area (Å²) in [6.07, 6.45) is -0.864. The van der Waals surface area contributed by atoms with Crippen molar-refractivity contribution in [1.29, 1.82) is 0 Å². The van der Waals surface area contributed by atoms with Crippen LogP contribution in [0.3, 0.4) is 0 Å². The molecule has 1 amide bonds. The Morgan fingerprint density at radius 1 is 1.48 bits per heavy atom. The topological polar surface area (TPSA) is 71.8 Å². The number of amides is 1. The van der Waals surface area contributed by atoms with Gasteiger partial charge in [0.2, 0.25) is 0 Å². The Bertz CT molecular complexity index is 487. The molecule has 2 heterocycles. The smallest absolute Gasteiger partial charge is 0.324 e. The van der Waals surface area contributed by atoms with Crippen molar-refractivity contribution in [3.8, 4) is 0 Å². The minimum atomic E-state index is -4.26. The van der Waals surface area contributed by atoms with Crippen molar-refractivity contribution in [2.45, 2.75) is 31.2 Å². The van der Waals surface area contributed by atoms with E-state index < -0.39 is 24.8 Å². The largest absolute Gasteiger partial charge is 0.344 e. The molecule has 0 atom stereocenters. The Labute approximate surface area is 117 Å². The summed E-state index contributed by atoms with van der Waals surface area (Å²) in [7, 11) is 0. The summed E-state index contributed by atoms with van der Waals surface area (Å²) in [5.41, 5.74) is -0.168. The molecule has 0 unspecified atom stereocenters. The molecule has 0 bridgehead atoms. The maximum absolute atomic E-state index is 12.7. The van der Waals surface area contributed by atoms with E-state index in [1.165, 1.54) is 10.9 Å². The molecule has 1 aliphatic rings. The lowest BCUT2D eigenvalue weighted by Gasteiger charge is -2.22. The molecule has 0 aromatic carbocycles. The summed E-state index contributed by atoms with van der Waals surface area (Å²) in [5, 5.41) is 12.3. The van der Waals surface area contributed by atoms with Crippen LogP contribution in [0.2, 0.25) is 0 Å². The first-order valence-electron chi connectivity index (χ1n) is 6.47. The molecule has 0 spiro atoms. The summed E-state index contributed by atoms with van der Waals surface area (Å²) in [6, 6.07) is 0.0859. The second-order valence-electron chi connectivity index (χ2n) is 4.81. The predicted molar refractivity (Wildman–Crippen MR) is 64.4 cm³/mol. The van der Waals surface area contributed by atoms with Crippen LogP contribution in [-0.2, 0) is 0 Å². The number of hydrogen-bond donors (Lipinski definition) is 2. The quantitative estimate of drug-likeness (QED) is 0.791. The van der Waals surface area contributed by atoms with Crippen molar-refractivity contribution in [1.82, 2.24) is 25.6 Å². The fourth-order valence-corrected chi connectivity index (χ4v) is 2.00. The van der Waals surface area contributed by atoms with E-state index in [0.29, 0.717) is 0 Å². The number of carbonyl (C=O) groups excluding carboxylic acids is 1. The first-order valence-corrected chi connectivity index (χ1v) is 6.47. The summed E-state index contributed by atoms with van der Waals surface area (Å²) >= 11 is 0. The number of nitrogens with one attached hydrogen (secondary N) is 2. The van der Waals surface area contributed by atoms with E-state index in [2.05, 4.69) is 15.6 Å². The Balaban J connectivity index is 1.93. The fraction of sp³-hybridized carbons (Fsp3) is 0.727. The van der Waals surface area contributed by atoms with Gasteiger partial charge in [0, 0.05) is 0 Å². The third-order valence-corrected chi connectivity index (χ3v) is 3.23. The zero-order valence-electron chi connectivity index (χ0n) is 11.0. The number of hydrogen-bond acceptors (Lipinski definition) is 4. The number of rotatable bonds is 5. The molecule has 1 saturated heterocycles. The highest BCUT2D eigenvalue weighted by molar-refractivity contribution is 5.91. The van der Waals surface area contributed by atoms with Crippen molar-refractivity contribution in [2.75, 3.05) is 19.6 Å². The molecule has 1 fully saturated rings. The number of piperidine rings is 1. The van der Waals surface area contributed by atoms with Gasteiger partial charge in [0.15, 0.2) is 5.69 Å². The molecule has 2 N–H and O–H groups in total. The fourth-order valence-electron chi connectivity index (χ4n) is 2.00. The summed E-state index contributed by atoms with van der Waals surface area (Å²) in [5.74, 6) is -5.21. The second-order valence-corrected chi connectivity index (χ2v) is 4.81. The van der Waals surface area contributed by atoms with Crippen LogP contribution >= 0.6 is 0 Å². The van der Waals surface area contributed by atoms with Gasteiger partial charge in [0.1, 0.15) is 0 Å². The van der Waals surface area contributed by atoms with E-state index in [0.717, 1.165) is 25.9 Å². The van der Waals surface area contributed by atoms with Gasteiger partial charge < -0.3 is 10.6 Å². The molecule has 0 radical (unpaired) electrons. The van der Waals surface area contributed by atoms with Gasteiger partial charge in [-0.25, -0.2) is 13.5 Å².